The second-order valence-corrected chi connectivity index (χ2v) is 2.79. The Kier molecular flexibility index (Phi) is 3.08. The molecule has 0 unspecified atom stereocenters. The van der Waals surface area contributed by atoms with Crippen molar-refractivity contribution >= 4 is 12.2 Å². The molecule has 0 aromatic rings. The van der Waals surface area contributed by atoms with Crippen LogP contribution < -0.4 is 0 Å². The average Bonchev–Trinajstić information content (AvgIpc) is 2.52. The molecule has 1 saturated heterocycles. The van der Waals surface area contributed by atoms with Gasteiger partial charge in [0, 0.05) is 25.9 Å². The van der Waals surface area contributed by atoms with Crippen molar-refractivity contribution in [3.8, 4) is 0 Å². The van der Waals surface area contributed by atoms with Gasteiger partial charge in [-0.1, -0.05) is 0 Å². The molecule has 0 aliphatic carbocycles. The Balaban J connectivity index is 2.22. The van der Waals surface area contributed by atoms with Gasteiger partial charge in [0.05, 0.1) is 0 Å². The van der Waals surface area contributed by atoms with Crippen LogP contribution in [0.25, 0.3) is 0 Å². The van der Waals surface area contributed by atoms with E-state index in [0.29, 0.717) is 12.8 Å². The van der Waals surface area contributed by atoms with Gasteiger partial charge < -0.3 is 9.69 Å². The fraction of sp³-hybridized carbons (Fsp3) is 0.750. The van der Waals surface area contributed by atoms with Crippen LogP contribution in [0.4, 0.5) is 0 Å². The molecule has 0 atom stereocenters. The molecule has 1 aliphatic rings. The molecule has 0 saturated carbocycles. The van der Waals surface area contributed by atoms with Crippen LogP contribution in [0.5, 0.6) is 0 Å². The fourth-order valence-electron chi connectivity index (χ4n) is 1.31. The highest BCUT2D eigenvalue weighted by Gasteiger charge is 2.16. The lowest BCUT2D eigenvalue weighted by Crippen LogP contribution is -2.27. The molecule has 1 amide bonds. The highest BCUT2D eigenvalue weighted by Crippen LogP contribution is 2.08. The predicted molar refractivity (Wildman–Crippen MR) is 41.1 cm³/mol. The molecule has 1 fully saturated rings. The molecule has 0 aromatic heterocycles. The zero-order valence-electron chi connectivity index (χ0n) is 6.58. The van der Waals surface area contributed by atoms with Crippen molar-refractivity contribution in [3.63, 3.8) is 0 Å². The summed E-state index contributed by atoms with van der Waals surface area (Å²) in [7, 11) is 0. The van der Waals surface area contributed by atoms with Crippen molar-refractivity contribution in [2.24, 2.45) is 0 Å². The van der Waals surface area contributed by atoms with Crippen molar-refractivity contribution in [1.82, 2.24) is 4.90 Å². The number of hydrogen-bond donors (Lipinski definition) is 0. The Morgan fingerprint density at radius 1 is 1.36 bits per heavy atom. The minimum Gasteiger partial charge on any atom is -0.343 e. The Morgan fingerprint density at radius 3 is 2.55 bits per heavy atom. The number of amides is 1. The molecule has 0 aromatic carbocycles. The van der Waals surface area contributed by atoms with E-state index in [-0.39, 0.29) is 5.91 Å². The lowest BCUT2D eigenvalue weighted by atomic mass is 10.3. The van der Waals surface area contributed by atoms with E-state index in [4.69, 9.17) is 0 Å². The quantitative estimate of drug-likeness (QED) is 0.559. The number of rotatable bonds is 3. The Hall–Kier alpha value is -0.860. The normalized spacial score (nSPS) is 16.9. The van der Waals surface area contributed by atoms with Gasteiger partial charge in [0.1, 0.15) is 6.29 Å². The van der Waals surface area contributed by atoms with Crippen LogP contribution in [0, 0.1) is 0 Å². The lowest BCUT2D eigenvalue weighted by molar-refractivity contribution is -0.131. The first-order valence-electron chi connectivity index (χ1n) is 4.06. The fourth-order valence-corrected chi connectivity index (χ4v) is 1.31. The molecule has 0 N–H and O–H groups in total. The number of hydrogen-bond acceptors (Lipinski definition) is 2. The summed E-state index contributed by atoms with van der Waals surface area (Å²) in [5, 5.41) is 0. The van der Waals surface area contributed by atoms with E-state index in [0.717, 1.165) is 32.2 Å². The van der Waals surface area contributed by atoms with Gasteiger partial charge in [0.2, 0.25) is 5.91 Å². The van der Waals surface area contributed by atoms with Crippen molar-refractivity contribution in [1.29, 1.82) is 0 Å². The number of nitrogens with zero attached hydrogens (tertiary/aromatic N) is 1. The summed E-state index contributed by atoms with van der Waals surface area (Å²) in [6.45, 7) is 1.77. The summed E-state index contributed by atoms with van der Waals surface area (Å²) in [5.41, 5.74) is 0. The molecule has 0 radical (unpaired) electrons. The number of aldehydes is 1. The van der Waals surface area contributed by atoms with Gasteiger partial charge in [0.25, 0.3) is 0 Å². The van der Waals surface area contributed by atoms with Crippen LogP contribution in [-0.2, 0) is 9.59 Å². The molecule has 3 heteroatoms. The molecule has 0 bridgehead atoms. The highest BCUT2D eigenvalue weighted by atomic mass is 16.2. The van der Waals surface area contributed by atoms with Crippen LogP contribution in [0.15, 0.2) is 0 Å². The summed E-state index contributed by atoms with van der Waals surface area (Å²) < 4.78 is 0. The molecular formula is C8H13NO2. The van der Waals surface area contributed by atoms with Crippen LogP contribution in [0.3, 0.4) is 0 Å². The van der Waals surface area contributed by atoms with Gasteiger partial charge in [-0.15, -0.1) is 0 Å². The van der Waals surface area contributed by atoms with E-state index >= 15 is 0 Å². The molecule has 1 rings (SSSR count). The van der Waals surface area contributed by atoms with Gasteiger partial charge in [-0.2, -0.15) is 0 Å². The van der Waals surface area contributed by atoms with Crippen molar-refractivity contribution in [2.75, 3.05) is 13.1 Å². The van der Waals surface area contributed by atoms with Crippen molar-refractivity contribution in [3.05, 3.63) is 0 Å². The van der Waals surface area contributed by atoms with Crippen LogP contribution in [0.1, 0.15) is 25.7 Å². The van der Waals surface area contributed by atoms with E-state index < -0.39 is 0 Å². The SMILES string of the molecule is O=CCCC(=O)N1CCCC1. The first-order valence-corrected chi connectivity index (χ1v) is 4.06. The molecule has 11 heavy (non-hydrogen) atoms. The van der Waals surface area contributed by atoms with Gasteiger partial charge >= 0.3 is 0 Å². The van der Waals surface area contributed by atoms with E-state index in [9.17, 15) is 9.59 Å². The minimum absolute atomic E-state index is 0.134. The third-order valence-electron chi connectivity index (χ3n) is 1.93. The van der Waals surface area contributed by atoms with E-state index in [1.54, 1.807) is 0 Å². The van der Waals surface area contributed by atoms with Crippen LogP contribution >= 0.6 is 0 Å². The Labute approximate surface area is 66.4 Å². The predicted octanol–water partition coefficient (Wildman–Crippen LogP) is 0.588. The lowest BCUT2D eigenvalue weighted by Gasteiger charge is -2.13. The third kappa shape index (κ3) is 2.33. The monoisotopic (exact) mass is 155 g/mol. The zero-order chi connectivity index (χ0) is 8.10. The Morgan fingerprint density at radius 2 is 2.00 bits per heavy atom. The molecule has 1 heterocycles. The second kappa shape index (κ2) is 4.11. The smallest absolute Gasteiger partial charge is 0.222 e. The van der Waals surface area contributed by atoms with Crippen molar-refractivity contribution in [2.45, 2.75) is 25.7 Å². The molecule has 62 valence electrons. The van der Waals surface area contributed by atoms with E-state index in [1.807, 2.05) is 4.90 Å². The standard InChI is InChI=1S/C8H13NO2/c10-7-3-4-8(11)9-5-1-2-6-9/h7H,1-6H2. The average molecular weight is 155 g/mol. The Bertz CT molecular complexity index is 150. The van der Waals surface area contributed by atoms with Gasteiger partial charge in [-0.25, -0.2) is 0 Å². The van der Waals surface area contributed by atoms with Gasteiger partial charge in [-0.3, -0.25) is 4.79 Å². The maximum Gasteiger partial charge on any atom is 0.222 e. The first kappa shape index (κ1) is 8.24. The molecule has 1 aliphatic heterocycles. The minimum atomic E-state index is 0.134. The second-order valence-electron chi connectivity index (χ2n) is 2.79. The van der Waals surface area contributed by atoms with Crippen LogP contribution in [0.2, 0.25) is 0 Å². The van der Waals surface area contributed by atoms with Gasteiger partial charge in [0.15, 0.2) is 0 Å². The summed E-state index contributed by atoms with van der Waals surface area (Å²) in [6, 6.07) is 0. The summed E-state index contributed by atoms with van der Waals surface area (Å²) in [6.07, 6.45) is 3.80. The largest absolute Gasteiger partial charge is 0.343 e. The first-order chi connectivity index (χ1) is 5.34. The summed E-state index contributed by atoms with van der Waals surface area (Å²) >= 11 is 0. The molecule has 0 spiro atoms. The molecular weight excluding hydrogens is 142 g/mol. The van der Waals surface area contributed by atoms with Crippen LogP contribution in [-0.4, -0.2) is 30.2 Å². The number of carbonyl (C=O) groups excluding carboxylic acids is 2. The summed E-state index contributed by atoms with van der Waals surface area (Å²) in [5.74, 6) is 0.134. The van der Waals surface area contributed by atoms with E-state index in [1.165, 1.54) is 0 Å². The number of likely N-dealkylation sites (tertiary alicyclic amines) is 1. The van der Waals surface area contributed by atoms with Gasteiger partial charge in [-0.05, 0) is 12.8 Å². The van der Waals surface area contributed by atoms with E-state index in [2.05, 4.69) is 0 Å². The summed E-state index contributed by atoms with van der Waals surface area (Å²) in [4.78, 5) is 23.0. The number of carbonyl (C=O) groups is 2. The maximum absolute atomic E-state index is 11.2. The zero-order valence-corrected chi connectivity index (χ0v) is 6.58. The third-order valence-corrected chi connectivity index (χ3v) is 1.93. The molecule has 3 nitrogen and oxygen atoms in total. The van der Waals surface area contributed by atoms with Crippen molar-refractivity contribution < 1.29 is 9.59 Å². The maximum atomic E-state index is 11.2. The highest BCUT2D eigenvalue weighted by molar-refractivity contribution is 5.78. The topological polar surface area (TPSA) is 37.4 Å².